The Bertz CT molecular complexity index is 839. The van der Waals surface area contributed by atoms with Crippen molar-refractivity contribution in [2.45, 2.75) is 32.7 Å². The van der Waals surface area contributed by atoms with Crippen molar-refractivity contribution in [3.63, 3.8) is 0 Å². The van der Waals surface area contributed by atoms with Crippen molar-refractivity contribution in [3.05, 3.63) is 65.9 Å². The number of aryl methyl sites for hydroxylation is 2. The van der Waals surface area contributed by atoms with E-state index in [0.717, 1.165) is 31.9 Å². The number of ether oxygens (including phenoxy) is 1. The first-order valence-electron chi connectivity index (χ1n) is 8.61. The first-order chi connectivity index (χ1) is 12.2. The molecule has 0 aliphatic carbocycles. The molecule has 0 aromatic carbocycles. The summed E-state index contributed by atoms with van der Waals surface area (Å²) in [5, 5.41) is 4.46. The molecule has 0 radical (unpaired) electrons. The Hall–Kier alpha value is -2.60. The summed E-state index contributed by atoms with van der Waals surface area (Å²) in [5.41, 5.74) is 3.58. The van der Waals surface area contributed by atoms with E-state index in [1.165, 1.54) is 11.4 Å². The van der Waals surface area contributed by atoms with Crippen LogP contribution in [0.15, 0.2) is 48.8 Å². The van der Waals surface area contributed by atoms with Gasteiger partial charge in [-0.1, -0.05) is 6.07 Å². The molecule has 1 aliphatic heterocycles. The zero-order valence-electron chi connectivity index (χ0n) is 14.7. The van der Waals surface area contributed by atoms with Gasteiger partial charge in [0.15, 0.2) is 0 Å². The highest BCUT2D eigenvalue weighted by molar-refractivity contribution is 5.13. The molecule has 6 heteroatoms. The van der Waals surface area contributed by atoms with Crippen molar-refractivity contribution in [2.75, 3.05) is 6.54 Å². The maximum atomic E-state index is 6.17. The first kappa shape index (κ1) is 15.9. The molecule has 0 spiro atoms. The third kappa shape index (κ3) is 3.58. The van der Waals surface area contributed by atoms with E-state index in [-0.39, 0.29) is 6.10 Å². The number of rotatable bonds is 4. The van der Waals surface area contributed by atoms with Gasteiger partial charge in [-0.25, -0.2) is 4.98 Å². The molecule has 0 saturated carbocycles. The lowest BCUT2D eigenvalue weighted by molar-refractivity contribution is 0.118. The van der Waals surface area contributed by atoms with Gasteiger partial charge in [0, 0.05) is 50.8 Å². The SMILES string of the molecule is Cc1cc(CN2Cc3cccn3C[C@H](Oc3ccccn3)C2)n(C)n1. The van der Waals surface area contributed by atoms with Crippen molar-refractivity contribution < 1.29 is 4.74 Å². The van der Waals surface area contributed by atoms with Crippen molar-refractivity contribution in [3.8, 4) is 5.88 Å². The van der Waals surface area contributed by atoms with E-state index in [4.69, 9.17) is 4.74 Å². The molecule has 0 amide bonds. The highest BCUT2D eigenvalue weighted by Crippen LogP contribution is 2.19. The number of pyridine rings is 1. The molecule has 4 heterocycles. The van der Waals surface area contributed by atoms with E-state index in [0.29, 0.717) is 5.88 Å². The molecule has 0 bridgehead atoms. The molecule has 0 fully saturated rings. The summed E-state index contributed by atoms with van der Waals surface area (Å²) < 4.78 is 10.4. The molecule has 130 valence electrons. The van der Waals surface area contributed by atoms with Crippen LogP contribution < -0.4 is 4.74 Å². The Kier molecular flexibility index (Phi) is 4.28. The quantitative estimate of drug-likeness (QED) is 0.733. The van der Waals surface area contributed by atoms with Gasteiger partial charge in [0.2, 0.25) is 5.88 Å². The Morgan fingerprint density at radius 3 is 2.88 bits per heavy atom. The Morgan fingerprint density at radius 1 is 1.20 bits per heavy atom. The van der Waals surface area contributed by atoms with Crippen LogP contribution in [0.5, 0.6) is 5.88 Å². The smallest absolute Gasteiger partial charge is 0.213 e. The van der Waals surface area contributed by atoms with Crippen LogP contribution in [0, 0.1) is 6.92 Å². The average Bonchev–Trinajstić information content (AvgIpc) is 3.10. The van der Waals surface area contributed by atoms with Gasteiger partial charge in [-0.05, 0) is 31.2 Å². The lowest BCUT2D eigenvalue weighted by Crippen LogP contribution is -2.35. The molecule has 0 unspecified atom stereocenters. The lowest BCUT2D eigenvalue weighted by Gasteiger charge is -2.24. The lowest BCUT2D eigenvalue weighted by atomic mass is 10.3. The average molecular weight is 337 g/mol. The predicted molar refractivity (Wildman–Crippen MR) is 95.1 cm³/mol. The first-order valence-corrected chi connectivity index (χ1v) is 8.61. The van der Waals surface area contributed by atoms with Crippen molar-refractivity contribution in [1.29, 1.82) is 0 Å². The number of hydrogen-bond donors (Lipinski definition) is 0. The van der Waals surface area contributed by atoms with Gasteiger partial charge in [-0.15, -0.1) is 0 Å². The minimum atomic E-state index is 0.0536. The van der Waals surface area contributed by atoms with E-state index in [1.54, 1.807) is 6.20 Å². The number of nitrogens with zero attached hydrogens (tertiary/aromatic N) is 5. The summed E-state index contributed by atoms with van der Waals surface area (Å²) in [7, 11) is 2.00. The molecular formula is C19H23N5O. The largest absolute Gasteiger partial charge is 0.471 e. The molecule has 6 nitrogen and oxygen atoms in total. The van der Waals surface area contributed by atoms with Crippen LogP contribution in [-0.2, 0) is 26.7 Å². The topological polar surface area (TPSA) is 48.1 Å². The summed E-state index contributed by atoms with van der Waals surface area (Å²) >= 11 is 0. The van der Waals surface area contributed by atoms with Gasteiger partial charge >= 0.3 is 0 Å². The van der Waals surface area contributed by atoms with Crippen molar-refractivity contribution in [1.82, 2.24) is 24.2 Å². The van der Waals surface area contributed by atoms with E-state index < -0.39 is 0 Å². The highest BCUT2D eigenvalue weighted by Gasteiger charge is 2.24. The zero-order valence-corrected chi connectivity index (χ0v) is 14.7. The summed E-state index contributed by atoms with van der Waals surface area (Å²) in [6.07, 6.45) is 3.95. The van der Waals surface area contributed by atoms with E-state index >= 15 is 0 Å². The minimum absolute atomic E-state index is 0.0536. The Morgan fingerprint density at radius 2 is 2.12 bits per heavy atom. The van der Waals surface area contributed by atoms with Gasteiger partial charge < -0.3 is 9.30 Å². The van der Waals surface area contributed by atoms with Gasteiger partial charge in [-0.2, -0.15) is 5.10 Å². The van der Waals surface area contributed by atoms with Crippen molar-refractivity contribution >= 4 is 0 Å². The van der Waals surface area contributed by atoms with E-state index in [9.17, 15) is 0 Å². The second-order valence-electron chi connectivity index (χ2n) is 6.63. The minimum Gasteiger partial charge on any atom is -0.471 e. The van der Waals surface area contributed by atoms with Crippen LogP contribution in [-0.4, -0.2) is 36.9 Å². The molecule has 3 aromatic rings. The van der Waals surface area contributed by atoms with Crippen LogP contribution >= 0.6 is 0 Å². The molecule has 3 aromatic heterocycles. The molecule has 4 rings (SSSR count). The monoisotopic (exact) mass is 337 g/mol. The normalized spacial score (nSPS) is 17.9. The van der Waals surface area contributed by atoms with Gasteiger partial charge in [0.05, 0.1) is 17.9 Å². The predicted octanol–water partition coefficient (Wildman–Crippen LogP) is 2.39. The van der Waals surface area contributed by atoms with E-state index in [1.807, 2.05) is 36.9 Å². The van der Waals surface area contributed by atoms with Gasteiger partial charge in [0.1, 0.15) is 6.10 Å². The standard InChI is InChI=1S/C19H23N5O/c1-15-10-17(22(2)21-15)12-23-11-16-6-5-9-24(16)14-18(13-23)25-19-7-3-4-8-20-19/h3-10,18H,11-14H2,1-2H3/t18-/m1/s1. The zero-order chi connectivity index (χ0) is 17.2. The Labute approximate surface area is 147 Å². The van der Waals surface area contributed by atoms with Crippen LogP contribution in [0.25, 0.3) is 0 Å². The number of fused-ring (bicyclic) bond motifs is 1. The second kappa shape index (κ2) is 6.72. The van der Waals surface area contributed by atoms with E-state index in [2.05, 4.69) is 43.9 Å². The van der Waals surface area contributed by atoms with Crippen LogP contribution in [0.3, 0.4) is 0 Å². The van der Waals surface area contributed by atoms with Gasteiger partial charge in [-0.3, -0.25) is 9.58 Å². The molecule has 25 heavy (non-hydrogen) atoms. The third-order valence-electron chi connectivity index (χ3n) is 4.58. The Balaban J connectivity index is 1.55. The van der Waals surface area contributed by atoms with Crippen molar-refractivity contribution in [2.24, 2.45) is 7.05 Å². The van der Waals surface area contributed by atoms with Crippen LogP contribution in [0.1, 0.15) is 17.1 Å². The number of hydrogen-bond acceptors (Lipinski definition) is 4. The fraction of sp³-hybridized carbons (Fsp3) is 0.368. The molecule has 0 N–H and O–H groups in total. The highest BCUT2D eigenvalue weighted by atomic mass is 16.5. The molecule has 0 saturated heterocycles. The summed E-state index contributed by atoms with van der Waals surface area (Å²) in [5.74, 6) is 0.680. The maximum Gasteiger partial charge on any atom is 0.213 e. The summed E-state index contributed by atoms with van der Waals surface area (Å²) in [4.78, 5) is 6.73. The van der Waals surface area contributed by atoms with Gasteiger partial charge in [0.25, 0.3) is 0 Å². The molecular weight excluding hydrogens is 314 g/mol. The number of aromatic nitrogens is 4. The maximum absolute atomic E-state index is 6.17. The molecule has 1 aliphatic rings. The summed E-state index contributed by atoms with van der Waals surface area (Å²) in [6.45, 7) is 5.47. The second-order valence-corrected chi connectivity index (χ2v) is 6.63. The summed E-state index contributed by atoms with van der Waals surface area (Å²) in [6, 6.07) is 12.2. The third-order valence-corrected chi connectivity index (χ3v) is 4.58. The van der Waals surface area contributed by atoms with Crippen LogP contribution in [0.4, 0.5) is 0 Å². The molecule has 1 atom stereocenters. The fourth-order valence-corrected chi connectivity index (χ4v) is 3.45. The van der Waals surface area contributed by atoms with Crippen LogP contribution in [0.2, 0.25) is 0 Å². The fourth-order valence-electron chi connectivity index (χ4n) is 3.45.